The molecular weight excluding hydrogens is 462 g/mol. The number of rotatable bonds is 5. The van der Waals surface area contributed by atoms with Gasteiger partial charge in [0.2, 0.25) is 0 Å². The number of halogens is 2. The first-order valence-corrected chi connectivity index (χ1v) is 12.3. The number of sulfone groups is 1. The van der Waals surface area contributed by atoms with E-state index in [0.717, 1.165) is 54.8 Å². The fraction of sp³-hybridized carbons (Fsp3) is 0.381. The Hall–Kier alpha value is -1.37. The lowest BCUT2D eigenvalue weighted by molar-refractivity contribution is 0.0868. The maximum absolute atomic E-state index is 13.1. The lowest BCUT2D eigenvalue weighted by atomic mass is 9.77. The Morgan fingerprint density at radius 3 is 2.36 bits per heavy atom. The van der Waals surface area contributed by atoms with Crippen molar-refractivity contribution in [1.29, 1.82) is 0 Å². The Morgan fingerprint density at radius 2 is 1.75 bits per heavy atom. The minimum Gasteiger partial charge on any atom is -0.346 e. The minimum atomic E-state index is -3.42. The van der Waals surface area contributed by atoms with Crippen molar-refractivity contribution >= 4 is 43.3 Å². The summed E-state index contributed by atoms with van der Waals surface area (Å²) >= 11 is 9.67. The predicted octanol–water partition coefficient (Wildman–Crippen LogP) is 5.18. The lowest BCUT2D eigenvalue weighted by Crippen LogP contribution is -2.51. The molecule has 1 aliphatic rings. The van der Waals surface area contributed by atoms with E-state index in [1.165, 1.54) is 18.2 Å². The summed E-state index contributed by atoms with van der Waals surface area (Å²) in [7, 11) is -3.42. The van der Waals surface area contributed by atoms with Gasteiger partial charge in [0.05, 0.1) is 15.5 Å². The number of hydrogen-bond acceptors (Lipinski definition) is 3. The number of hydrogen-bond donors (Lipinski definition) is 1. The van der Waals surface area contributed by atoms with Crippen LogP contribution in [0.25, 0.3) is 0 Å². The summed E-state index contributed by atoms with van der Waals surface area (Å²) in [5.41, 5.74) is 1.000. The SMILES string of the molecule is CS(=O)(=O)c1ccc(Cl)c(C(=O)NC2(Cc3ccc(Br)cc3)CCCCC2)c1. The van der Waals surface area contributed by atoms with Gasteiger partial charge in [0.15, 0.2) is 9.84 Å². The highest BCUT2D eigenvalue weighted by molar-refractivity contribution is 9.10. The van der Waals surface area contributed by atoms with Crippen LogP contribution in [0.2, 0.25) is 5.02 Å². The molecule has 7 heteroatoms. The van der Waals surface area contributed by atoms with E-state index in [9.17, 15) is 13.2 Å². The number of nitrogens with one attached hydrogen (secondary N) is 1. The average molecular weight is 485 g/mol. The van der Waals surface area contributed by atoms with Crippen LogP contribution >= 0.6 is 27.5 Å². The normalized spacial score (nSPS) is 16.5. The van der Waals surface area contributed by atoms with Gasteiger partial charge < -0.3 is 5.32 Å². The minimum absolute atomic E-state index is 0.0904. The molecule has 3 rings (SSSR count). The zero-order chi connectivity index (χ0) is 20.4. The molecular formula is C21H23BrClNO3S. The molecule has 0 aromatic heterocycles. The van der Waals surface area contributed by atoms with Gasteiger partial charge in [-0.25, -0.2) is 8.42 Å². The second kappa shape index (κ2) is 8.56. The van der Waals surface area contributed by atoms with Crippen molar-refractivity contribution in [3.05, 3.63) is 63.1 Å². The van der Waals surface area contributed by atoms with Crippen LogP contribution in [0.4, 0.5) is 0 Å². The van der Waals surface area contributed by atoms with Gasteiger partial charge in [-0.1, -0.05) is 58.9 Å². The van der Waals surface area contributed by atoms with Crippen LogP contribution in [0.1, 0.15) is 48.0 Å². The summed E-state index contributed by atoms with van der Waals surface area (Å²) < 4.78 is 24.7. The van der Waals surface area contributed by atoms with Gasteiger partial charge in [0.25, 0.3) is 5.91 Å². The summed E-state index contributed by atoms with van der Waals surface area (Å²) in [6.07, 6.45) is 6.88. The monoisotopic (exact) mass is 483 g/mol. The van der Waals surface area contributed by atoms with Gasteiger partial charge in [-0.2, -0.15) is 0 Å². The summed E-state index contributed by atoms with van der Waals surface area (Å²) in [5, 5.41) is 3.45. The van der Waals surface area contributed by atoms with Crippen LogP contribution in [0.3, 0.4) is 0 Å². The molecule has 1 aliphatic carbocycles. The fourth-order valence-electron chi connectivity index (χ4n) is 3.78. The summed E-state index contributed by atoms with van der Waals surface area (Å²) in [6.45, 7) is 0. The molecule has 0 spiro atoms. The largest absolute Gasteiger partial charge is 0.346 e. The molecule has 0 radical (unpaired) electrons. The van der Waals surface area contributed by atoms with Crippen LogP contribution in [0.5, 0.6) is 0 Å². The molecule has 0 aliphatic heterocycles. The predicted molar refractivity (Wildman–Crippen MR) is 116 cm³/mol. The first-order chi connectivity index (χ1) is 13.2. The van der Waals surface area contributed by atoms with Gasteiger partial charge in [0, 0.05) is 16.3 Å². The number of amides is 1. The maximum Gasteiger partial charge on any atom is 0.253 e. The van der Waals surface area contributed by atoms with E-state index in [4.69, 9.17) is 11.6 Å². The summed E-state index contributed by atoms with van der Waals surface area (Å²) in [6, 6.07) is 12.4. The van der Waals surface area contributed by atoms with Crippen LogP contribution in [-0.4, -0.2) is 26.1 Å². The van der Waals surface area contributed by atoms with Crippen molar-refractivity contribution in [2.24, 2.45) is 0 Å². The van der Waals surface area contributed by atoms with Gasteiger partial charge in [0.1, 0.15) is 0 Å². The number of carbonyl (C=O) groups excluding carboxylic acids is 1. The third kappa shape index (κ3) is 5.16. The molecule has 0 unspecified atom stereocenters. The molecule has 0 saturated heterocycles. The standard InChI is InChI=1S/C21H23BrClNO3S/c1-28(26,27)17-9-10-19(23)18(13-17)20(25)24-21(11-3-2-4-12-21)14-15-5-7-16(22)8-6-15/h5-10,13H,2-4,11-12,14H2,1H3,(H,24,25). The molecule has 1 N–H and O–H groups in total. The first kappa shape index (κ1) is 21.3. The second-order valence-electron chi connectivity index (χ2n) is 7.51. The van der Waals surface area contributed by atoms with E-state index >= 15 is 0 Å². The Kier molecular flexibility index (Phi) is 6.52. The molecule has 1 amide bonds. The molecule has 0 atom stereocenters. The van der Waals surface area contributed by atoms with Gasteiger partial charge in [-0.05, 0) is 55.2 Å². The van der Waals surface area contributed by atoms with E-state index in [1.54, 1.807) is 0 Å². The lowest BCUT2D eigenvalue weighted by Gasteiger charge is -2.38. The van der Waals surface area contributed by atoms with Gasteiger partial charge in [-0.15, -0.1) is 0 Å². The Balaban J connectivity index is 1.89. The van der Waals surface area contributed by atoms with Crippen LogP contribution in [0, 0.1) is 0 Å². The average Bonchev–Trinajstić information content (AvgIpc) is 2.63. The Labute approximate surface area is 179 Å². The highest BCUT2D eigenvalue weighted by Crippen LogP contribution is 2.33. The smallest absolute Gasteiger partial charge is 0.253 e. The molecule has 0 bridgehead atoms. The maximum atomic E-state index is 13.1. The summed E-state index contributed by atoms with van der Waals surface area (Å²) in [5.74, 6) is -0.325. The van der Waals surface area contributed by atoms with E-state index < -0.39 is 9.84 Å². The van der Waals surface area contributed by atoms with Crippen molar-refractivity contribution in [1.82, 2.24) is 5.32 Å². The Bertz CT molecular complexity index is 968. The molecule has 28 heavy (non-hydrogen) atoms. The van der Waals surface area contributed by atoms with E-state index in [-0.39, 0.29) is 26.9 Å². The molecule has 2 aromatic carbocycles. The van der Waals surface area contributed by atoms with Crippen LogP contribution < -0.4 is 5.32 Å². The number of carbonyl (C=O) groups is 1. The highest BCUT2D eigenvalue weighted by atomic mass is 79.9. The zero-order valence-electron chi connectivity index (χ0n) is 15.7. The molecule has 1 fully saturated rings. The van der Waals surface area contributed by atoms with Gasteiger partial charge >= 0.3 is 0 Å². The number of benzene rings is 2. The summed E-state index contributed by atoms with van der Waals surface area (Å²) in [4.78, 5) is 13.2. The first-order valence-electron chi connectivity index (χ1n) is 9.25. The van der Waals surface area contributed by atoms with Crippen molar-refractivity contribution in [3.63, 3.8) is 0 Å². The molecule has 2 aromatic rings. The fourth-order valence-corrected chi connectivity index (χ4v) is 4.90. The molecule has 150 valence electrons. The zero-order valence-corrected chi connectivity index (χ0v) is 18.8. The third-order valence-electron chi connectivity index (χ3n) is 5.26. The van der Waals surface area contributed by atoms with Crippen molar-refractivity contribution < 1.29 is 13.2 Å². The van der Waals surface area contributed by atoms with Crippen molar-refractivity contribution in [2.75, 3.05) is 6.26 Å². The molecule has 0 heterocycles. The van der Waals surface area contributed by atoms with Crippen molar-refractivity contribution in [2.45, 2.75) is 49.0 Å². The molecule has 1 saturated carbocycles. The van der Waals surface area contributed by atoms with E-state index in [1.807, 2.05) is 12.1 Å². The van der Waals surface area contributed by atoms with Crippen molar-refractivity contribution in [3.8, 4) is 0 Å². The van der Waals surface area contributed by atoms with E-state index in [0.29, 0.717) is 0 Å². The third-order valence-corrected chi connectivity index (χ3v) is 7.22. The Morgan fingerprint density at radius 1 is 1.11 bits per heavy atom. The van der Waals surface area contributed by atoms with Crippen LogP contribution in [-0.2, 0) is 16.3 Å². The van der Waals surface area contributed by atoms with E-state index in [2.05, 4.69) is 33.4 Å². The molecule has 4 nitrogen and oxygen atoms in total. The topological polar surface area (TPSA) is 63.2 Å². The second-order valence-corrected chi connectivity index (χ2v) is 10.9. The van der Waals surface area contributed by atoms with Crippen LogP contribution in [0.15, 0.2) is 51.8 Å². The quantitative estimate of drug-likeness (QED) is 0.636. The highest BCUT2D eigenvalue weighted by Gasteiger charge is 2.34. The van der Waals surface area contributed by atoms with Gasteiger partial charge in [-0.3, -0.25) is 4.79 Å².